The molecule has 0 fully saturated rings. The zero-order valence-electron chi connectivity index (χ0n) is 9.64. The molecule has 6 nitrogen and oxygen atoms in total. The summed E-state index contributed by atoms with van der Waals surface area (Å²) >= 11 is 0. The van der Waals surface area contributed by atoms with Crippen molar-refractivity contribution in [2.75, 3.05) is 13.1 Å². The zero-order valence-corrected chi connectivity index (χ0v) is 9.64. The molecule has 1 atom stereocenters. The molecular formula is C11H16N4O2. The number of hydrogen-bond donors (Lipinski definition) is 3. The molecule has 0 spiro atoms. The van der Waals surface area contributed by atoms with Gasteiger partial charge in [0.1, 0.15) is 0 Å². The molecule has 0 aromatic carbocycles. The average Bonchev–Trinajstić information content (AvgIpc) is 2.36. The fourth-order valence-electron chi connectivity index (χ4n) is 1.25. The third-order valence-electron chi connectivity index (χ3n) is 2.14. The maximum absolute atomic E-state index is 11.5. The van der Waals surface area contributed by atoms with E-state index in [-0.39, 0.29) is 30.9 Å². The molecule has 0 saturated heterocycles. The first-order valence-corrected chi connectivity index (χ1v) is 5.30. The van der Waals surface area contributed by atoms with E-state index in [1.807, 2.05) is 19.1 Å². The van der Waals surface area contributed by atoms with Crippen LogP contribution >= 0.6 is 0 Å². The molecule has 4 N–H and O–H groups in total. The Labute approximate surface area is 99.6 Å². The lowest BCUT2D eigenvalue weighted by Crippen LogP contribution is -2.40. The Morgan fingerprint density at radius 1 is 1.41 bits per heavy atom. The summed E-state index contributed by atoms with van der Waals surface area (Å²) in [5.41, 5.74) is 5.87. The van der Waals surface area contributed by atoms with Gasteiger partial charge in [-0.25, -0.2) is 0 Å². The van der Waals surface area contributed by atoms with Crippen LogP contribution in [-0.2, 0) is 9.59 Å². The molecule has 1 unspecified atom stereocenters. The summed E-state index contributed by atoms with van der Waals surface area (Å²) < 4.78 is 0. The van der Waals surface area contributed by atoms with Gasteiger partial charge >= 0.3 is 0 Å². The summed E-state index contributed by atoms with van der Waals surface area (Å²) in [6.07, 6.45) is 1.66. The molecule has 1 rings (SSSR count). The molecule has 0 aliphatic carbocycles. The molecule has 1 aromatic rings. The second kappa shape index (κ2) is 6.59. The number of carbonyl (C=O) groups is 2. The highest BCUT2D eigenvalue weighted by molar-refractivity contribution is 5.85. The van der Waals surface area contributed by atoms with E-state index < -0.39 is 0 Å². The van der Waals surface area contributed by atoms with Crippen LogP contribution < -0.4 is 16.4 Å². The summed E-state index contributed by atoms with van der Waals surface area (Å²) in [5, 5.41) is 5.11. The third kappa shape index (κ3) is 4.60. The molecule has 1 heterocycles. The number of nitrogens with two attached hydrogens (primary N) is 1. The molecule has 6 heteroatoms. The highest BCUT2D eigenvalue weighted by Gasteiger charge is 2.10. The van der Waals surface area contributed by atoms with Crippen LogP contribution in [0.5, 0.6) is 0 Å². The summed E-state index contributed by atoms with van der Waals surface area (Å²) in [5.74, 6) is -0.629. The fourth-order valence-corrected chi connectivity index (χ4v) is 1.25. The van der Waals surface area contributed by atoms with Crippen LogP contribution in [-0.4, -0.2) is 29.9 Å². The fraction of sp³-hybridized carbons (Fsp3) is 0.364. The molecule has 0 bridgehead atoms. The van der Waals surface area contributed by atoms with Gasteiger partial charge in [-0.05, 0) is 19.1 Å². The monoisotopic (exact) mass is 236 g/mol. The summed E-state index contributed by atoms with van der Waals surface area (Å²) in [6, 6.07) is 5.28. The highest BCUT2D eigenvalue weighted by atomic mass is 16.2. The van der Waals surface area contributed by atoms with Crippen LogP contribution in [0.3, 0.4) is 0 Å². The van der Waals surface area contributed by atoms with Gasteiger partial charge < -0.3 is 16.4 Å². The van der Waals surface area contributed by atoms with E-state index in [1.165, 1.54) is 0 Å². The largest absolute Gasteiger partial charge is 0.346 e. The van der Waals surface area contributed by atoms with E-state index in [9.17, 15) is 9.59 Å². The van der Waals surface area contributed by atoms with Crippen molar-refractivity contribution in [1.29, 1.82) is 0 Å². The maximum atomic E-state index is 11.5. The first-order valence-electron chi connectivity index (χ1n) is 5.30. The zero-order chi connectivity index (χ0) is 12.7. The second-order valence-electron chi connectivity index (χ2n) is 3.52. The van der Waals surface area contributed by atoms with Gasteiger partial charge in [-0.15, -0.1) is 0 Å². The van der Waals surface area contributed by atoms with Crippen LogP contribution in [0.1, 0.15) is 18.7 Å². The first-order chi connectivity index (χ1) is 8.13. The molecule has 17 heavy (non-hydrogen) atoms. The SMILES string of the molecule is CC(NC(=O)CNC(=O)CN)c1ccccn1. The molecule has 0 aliphatic rings. The van der Waals surface area contributed by atoms with Crippen molar-refractivity contribution in [3.05, 3.63) is 30.1 Å². The van der Waals surface area contributed by atoms with Crippen LogP contribution in [0.25, 0.3) is 0 Å². The number of hydrogen-bond acceptors (Lipinski definition) is 4. The van der Waals surface area contributed by atoms with Crippen molar-refractivity contribution < 1.29 is 9.59 Å². The predicted octanol–water partition coefficient (Wildman–Crippen LogP) is -0.666. The van der Waals surface area contributed by atoms with Gasteiger partial charge in [-0.3, -0.25) is 14.6 Å². The van der Waals surface area contributed by atoms with Gasteiger partial charge in [-0.2, -0.15) is 0 Å². The molecular weight excluding hydrogens is 220 g/mol. The van der Waals surface area contributed by atoms with Crippen LogP contribution in [0.15, 0.2) is 24.4 Å². The van der Waals surface area contributed by atoms with Crippen LogP contribution in [0.4, 0.5) is 0 Å². The number of nitrogens with zero attached hydrogens (tertiary/aromatic N) is 1. The Hall–Kier alpha value is -1.95. The molecule has 2 amide bonds. The van der Waals surface area contributed by atoms with Gasteiger partial charge in [0.15, 0.2) is 0 Å². The average molecular weight is 236 g/mol. The molecule has 92 valence electrons. The number of aromatic nitrogens is 1. The van der Waals surface area contributed by atoms with E-state index >= 15 is 0 Å². The van der Waals surface area contributed by atoms with Gasteiger partial charge in [0.05, 0.1) is 24.8 Å². The number of pyridine rings is 1. The maximum Gasteiger partial charge on any atom is 0.239 e. The highest BCUT2D eigenvalue weighted by Crippen LogP contribution is 2.06. The van der Waals surface area contributed by atoms with Crippen LogP contribution in [0.2, 0.25) is 0 Å². The van der Waals surface area contributed by atoms with Gasteiger partial charge in [0, 0.05) is 6.20 Å². The van der Waals surface area contributed by atoms with E-state index in [0.717, 1.165) is 5.69 Å². The lowest BCUT2D eigenvalue weighted by atomic mass is 10.2. The molecule has 0 saturated carbocycles. The standard InChI is InChI=1S/C11H16N4O2/c1-8(9-4-2-3-5-13-9)15-11(17)7-14-10(16)6-12/h2-5,8H,6-7,12H2,1H3,(H,14,16)(H,15,17). The third-order valence-corrected chi connectivity index (χ3v) is 2.14. The number of nitrogens with one attached hydrogen (secondary N) is 2. The molecule has 0 aliphatic heterocycles. The summed E-state index contributed by atoms with van der Waals surface area (Å²) in [7, 11) is 0. The van der Waals surface area contributed by atoms with Crippen molar-refractivity contribution in [2.45, 2.75) is 13.0 Å². The Morgan fingerprint density at radius 2 is 2.18 bits per heavy atom. The van der Waals surface area contributed by atoms with Crippen LogP contribution in [0, 0.1) is 0 Å². The van der Waals surface area contributed by atoms with Crippen molar-refractivity contribution in [3.63, 3.8) is 0 Å². The van der Waals surface area contributed by atoms with E-state index in [2.05, 4.69) is 15.6 Å². The summed E-state index contributed by atoms with van der Waals surface area (Å²) in [6.45, 7) is 1.63. The normalized spacial score (nSPS) is 11.6. The Morgan fingerprint density at radius 3 is 2.76 bits per heavy atom. The predicted molar refractivity (Wildman–Crippen MR) is 62.9 cm³/mol. The minimum atomic E-state index is -0.356. The van der Waals surface area contributed by atoms with Crippen molar-refractivity contribution >= 4 is 11.8 Å². The van der Waals surface area contributed by atoms with E-state index in [4.69, 9.17) is 5.73 Å². The number of amides is 2. The van der Waals surface area contributed by atoms with Gasteiger partial charge in [0.25, 0.3) is 0 Å². The van der Waals surface area contributed by atoms with Crippen molar-refractivity contribution in [3.8, 4) is 0 Å². The minimum Gasteiger partial charge on any atom is -0.346 e. The lowest BCUT2D eigenvalue weighted by molar-refractivity contribution is -0.125. The lowest BCUT2D eigenvalue weighted by Gasteiger charge is -2.13. The van der Waals surface area contributed by atoms with Crippen molar-refractivity contribution in [2.24, 2.45) is 5.73 Å². The molecule has 1 aromatic heterocycles. The Bertz CT molecular complexity index is 380. The van der Waals surface area contributed by atoms with E-state index in [0.29, 0.717) is 0 Å². The van der Waals surface area contributed by atoms with Crippen molar-refractivity contribution in [1.82, 2.24) is 15.6 Å². The topological polar surface area (TPSA) is 97.1 Å². The smallest absolute Gasteiger partial charge is 0.239 e. The quantitative estimate of drug-likeness (QED) is 0.632. The van der Waals surface area contributed by atoms with Gasteiger partial charge in [-0.1, -0.05) is 6.07 Å². The second-order valence-corrected chi connectivity index (χ2v) is 3.52. The number of carbonyl (C=O) groups excluding carboxylic acids is 2. The minimum absolute atomic E-state index is 0.0762. The van der Waals surface area contributed by atoms with Gasteiger partial charge in [0.2, 0.25) is 11.8 Å². The van der Waals surface area contributed by atoms with E-state index in [1.54, 1.807) is 12.3 Å². The summed E-state index contributed by atoms with van der Waals surface area (Å²) in [4.78, 5) is 26.4. The first kappa shape index (κ1) is 13.1. The Kier molecular flexibility index (Phi) is 5.09. The Balaban J connectivity index is 2.39. The number of rotatable bonds is 5. The molecule has 0 radical (unpaired) electrons.